The molecule has 4 aromatic carbocycles. The van der Waals surface area contributed by atoms with Crippen LogP contribution >= 0.6 is 23.4 Å². The van der Waals surface area contributed by atoms with Crippen molar-refractivity contribution in [3.63, 3.8) is 0 Å². The smallest absolute Gasteiger partial charge is 0.228 e. The number of hydrogen-bond acceptors (Lipinski definition) is 3. The molecule has 0 fully saturated rings. The zero-order valence-electron chi connectivity index (χ0n) is 18.6. The first kappa shape index (κ1) is 24.8. The highest BCUT2D eigenvalue weighted by molar-refractivity contribution is 7.98. The third kappa shape index (κ3) is 7.31. The summed E-state index contributed by atoms with van der Waals surface area (Å²) in [5, 5.41) is 3.11. The van der Waals surface area contributed by atoms with Gasteiger partial charge in [0.15, 0.2) is 0 Å². The second-order valence-electron chi connectivity index (χ2n) is 7.80. The van der Waals surface area contributed by atoms with Gasteiger partial charge >= 0.3 is 0 Å². The molecule has 1 N–H and O–H groups in total. The van der Waals surface area contributed by atoms with Gasteiger partial charge in [-0.2, -0.15) is 0 Å². The molecular formula is C28H22ClF2NO2S. The number of anilines is 1. The minimum absolute atomic E-state index is 0.0288. The number of hydrogen-bond donors (Lipinski definition) is 1. The van der Waals surface area contributed by atoms with E-state index < -0.39 is 5.82 Å². The van der Waals surface area contributed by atoms with Crippen LogP contribution in [0.15, 0.2) is 95.9 Å². The third-order valence-corrected chi connectivity index (χ3v) is 6.68. The molecule has 4 aromatic rings. The Balaban J connectivity index is 1.48. The fraction of sp³-hybridized carbons (Fsp3) is 0.107. The Bertz CT molecular complexity index is 1300. The Morgan fingerprint density at radius 2 is 1.57 bits per heavy atom. The molecule has 0 saturated heterocycles. The summed E-state index contributed by atoms with van der Waals surface area (Å²) in [5.74, 6) is 0.287. The first-order valence-electron chi connectivity index (χ1n) is 10.9. The van der Waals surface area contributed by atoms with E-state index in [0.717, 1.165) is 16.2 Å². The second-order valence-corrected chi connectivity index (χ2v) is 9.22. The van der Waals surface area contributed by atoms with Gasteiger partial charge in [-0.1, -0.05) is 54.1 Å². The van der Waals surface area contributed by atoms with Gasteiger partial charge in [-0.05, 0) is 59.7 Å². The quantitative estimate of drug-likeness (QED) is 0.235. The first-order valence-corrected chi connectivity index (χ1v) is 12.2. The fourth-order valence-electron chi connectivity index (χ4n) is 3.36. The predicted octanol–water partition coefficient (Wildman–Crippen LogP) is 7.67. The molecule has 0 heterocycles. The van der Waals surface area contributed by atoms with Gasteiger partial charge in [0.1, 0.15) is 24.0 Å². The minimum atomic E-state index is -0.447. The summed E-state index contributed by atoms with van der Waals surface area (Å²) in [6.45, 7) is 0.294. The summed E-state index contributed by atoms with van der Waals surface area (Å²) < 4.78 is 32.3. The number of rotatable bonds is 9. The highest BCUT2D eigenvalue weighted by Crippen LogP contribution is 2.30. The van der Waals surface area contributed by atoms with Crippen LogP contribution in [0.5, 0.6) is 5.75 Å². The van der Waals surface area contributed by atoms with Crippen molar-refractivity contribution in [2.75, 3.05) is 5.32 Å². The summed E-state index contributed by atoms with van der Waals surface area (Å²) in [4.78, 5) is 13.6. The Kier molecular flexibility index (Phi) is 8.40. The Morgan fingerprint density at radius 3 is 2.31 bits per heavy atom. The molecule has 0 radical (unpaired) electrons. The predicted molar refractivity (Wildman–Crippen MR) is 137 cm³/mol. The number of amides is 1. The molecule has 0 aromatic heterocycles. The summed E-state index contributed by atoms with van der Waals surface area (Å²) in [7, 11) is 0. The fourth-order valence-corrected chi connectivity index (χ4v) is 4.63. The van der Waals surface area contributed by atoms with E-state index in [1.807, 2.05) is 30.3 Å². The molecule has 0 aliphatic carbocycles. The molecule has 0 saturated carbocycles. The molecule has 178 valence electrons. The van der Waals surface area contributed by atoms with Crippen LogP contribution in [0.4, 0.5) is 14.5 Å². The van der Waals surface area contributed by atoms with E-state index in [4.69, 9.17) is 16.3 Å². The van der Waals surface area contributed by atoms with Crippen LogP contribution in [0.2, 0.25) is 5.02 Å². The van der Waals surface area contributed by atoms with Gasteiger partial charge in [-0.3, -0.25) is 4.79 Å². The lowest BCUT2D eigenvalue weighted by Crippen LogP contribution is -2.15. The van der Waals surface area contributed by atoms with Crippen molar-refractivity contribution in [1.82, 2.24) is 0 Å². The highest BCUT2D eigenvalue weighted by atomic mass is 35.5. The van der Waals surface area contributed by atoms with E-state index in [2.05, 4.69) is 17.4 Å². The van der Waals surface area contributed by atoms with E-state index in [1.54, 1.807) is 30.0 Å². The lowest BCUT2D eigenvalue weighted by atomic mass is 10.1. The van der Waals surface area contributed by atoms with Gasteiger partial charge in [0.05, 0.1) is 6.42 Å². The number of halogens is 3. The normalized spacial score (nSPS) is 10.7. The summed E-state index contributed by atoms with van der Waals surface area (Å²) >= 11 is 7.69. The van der Waals surface area contributed by atoms with Crippen LogP contribution in [0.25, 0.3) is 0 Å². The van der Waals surface area contributed by atoms with E-state index in [9.17, 15) is 13.6 Å². The van der Waals surface area contributed by atoms with Crippen molar-refractivity contribution >= 4 is 35.0 Å². The van der Waals surface area contributed by atoms with E-state index in [-0.39, 0.29) is 23.2 Å². The number of thioether (sulfide) groups is 1. The molecule has 0 aliphatic rings. The van der Waals surface area contributed by atoms with Crippen molar-refractivity contribution in [3.8, 4) is 5.75 Å². The molecular weight excluding hydrogens is 488 g/mol. The Hall–Kier alpha value is -3.35. The van der Waals surface area contributed by atoms with Gasteiger partial charge < -0.3 is 10.1 Å². The lowest BCUT2D eigenvalue weighted by molar-refractivity contribution is -0.115. The van der Waals surface area contributed by atoms with Gasteiger partial charge in [0.25, 0.3) is 0 Å². The van der Waals surface area contributed by atoms with E-state index >= 15 is 0 Å². The number of carbonyl (C=O) groups is 1. The maximum atomic E-state index is 13.3. The maximum absolute atomic E-state index is 13.3. The van der Waals surface area contributed by atoms with Crippen molar-refractivity contribution in [1.29, 1.82) is 0 Å². The van der Waals surface area contributed by atoms with Crippen LogP contribution in [-0.4, -0.2) is 5.91 Å². The number of nitrogens with one attached hydrogen (secondary N) is 1. The zero-order chi connectivity index (χ0) is 24.6. The van der Waals surface area contributed by atoms with Crippen molar-refractivity contribution in [2.24, 2.45) is 0 Å². The largest absolute Gasteiger partial charge is 0.489 e. The van der Waals surface area contributed by atoms with Crippen molar-refractivity contribution < 1.29 is 18.3 Å². The molecule has 4 rings (SSSR count). The zero-order valence-corrected chi connectivity index (χ0v) is 20.2. The average Bonchev–Trinajstić information content (AvgIpc) is 2.85. The van der Waals surface area contributed by atoms with Gasteiger partial charge in [0.2, 0.25) is 5.91 Å². The number of benzene rings is 4. The van der Waals surface area contributed by atoms with E-state index in [1.165, 1.54) is 35.9 Å². The third-order valence-electron chi connectivity index (χ3n) is 5.16. The molecule has 0 unspecified atom stereocenters. The molecule has 35 heavy (non-hydrogen) atoms. The Morgan fingerprint density at radius 1 is 0.857 bits per heavy atom. The number of carbonyl (C=O) groups excluding carboxylic acids is 1. The van der Waals surface area contributed by atoms with Crippen LogP contribution in [0, 0.1) is 11.6 Å². The van der Waals surface area contributed by atoms with Gasteiger partial charge in [0, 0.05) is 26.9 Å². The van der Waals surface area contributed by atoms with Crippen LogP contribution in [0.1, 0.15) is 16.7 Å². The molecule has 0 atom stereocenters. The SMILES string of the molecule is O=C(Cc1ccc(F)cc1Cl)Nc1ccc(COc2ccc(F)cc2)c(SCc2ccccc2)c1. The minimum Gasteiger partial charge on any atom is -0.489 e. The lowest BCUT2D eigenvalue weighted by Gasteiger charge is -2.14. The molecule has 0 spiro atoms. The highest BCUT2D eigenvalue weighted by Gasteiger charge is 2.12. The van der Waals surface area contributed by atoms with E-state index in [0.29, 0.717) is 23.6 Å². The Labute approximate surface area is 212 Å². The number of ether oxygens (including phenoxy) is 1. The second kappa shape index (κ2) is 11.9. The summed E-state index contributed by atoms with van der Waals surface area (Å²) in [5.41, 5.74) is 3.29. The molecule has 7 heteroatoms. The average molecular weight is 510 g/mol. The van der Waals surface area contributed by atoms with Crippen molar-refractivity contribution in [2.45, 2.75) is 23.7 Å². The van der Waals surface area contributed by atoms with Crippen LogP contribution < -0.4 is 10.1 Å². The maximum Gasteiger partial charge on any atom is 0.228 e. The molecule has 0 bridgehead atoms. The monoisotopic (exact) mass is 509 g/mol. The standard InChI is InChI=1S/C28H22ClF2NO2S/c29-26-15-23(31)8-6-20(26)14-28(33)32-24-11-7-21(17-34-25-12-9-22(30)10-13-25)27(16-24)35-18-19-4-2-1-3-5-19/h1-13,15-16H,14,17-18H2,(H,32,33). The molecule has 1 amide bonds. The van der Waals surface area contributed by atoms with Crippen LogP contribution in [0.3, 0.4) is 0 Å². The van der Waals surface area contributed by atoms with Crippen LogP contribution in [-0.2, 0) is 23.6 Å². The first-order chi connectivity index (χ1) is 17.0. The van der Waals surface area contributed by atoms with Gasteiger partial charge in [-0.15, -0.1) is 11.8 Å². The summed E-state index contributed by atoms with van der Waals surface area (Å²) in [6.07, 6.45) is 0.0288. The van der Waals surface area contributed by atoms with Crippen molar-refractivity contribution in [3.05, 3.63) is 124 Å². The summed E-state index contributed by atoms with van der Waals surface area (Å²) in [6, 6.07) is 25.5. The topological polar surface area (TPSA) is 38.3 Å². The van der Waals surface area contributed by atoms with Gasteiger partial charge in [-0.25, -0.2) is 8.78 Å². The molecule has 3 nitrogen and oxygen atoms in total. The molecule has 0 aliphatic heterocycles.